The molecule has 0 bridgehead atoms. The molecule has 0 aliphatic carbocycles. The van der Waals surface area contributed by atoms with Crippen LogP contribution in [-0.4, -0.2) is 43.5 Å². The molecule has 22 heavy (non-hydrogen) atoms. The first-order valence-electron chi connectivity index (χ1n) is 8.08. The van der Waals surface area contributed by atoms with Crippen LogP contribution in [0.3, 0.4) is 0 Å². The van der Waals surface area contributed by atoms with Crippen molar-refractivity contribution in [3.63, 3.8) is 0 Å². The fourth-order valence-corrected chi connectivity index (χ4v) is 3.07. The summed E-state index contributed by atoms with van der Waals surface area (Å²) in [6, 6.07) is 8.86. The average molecular weight is 368 g/mol. The molecular formula is C17H26BrN3O. The first-order chi connectivity index (χ1) is 10.7. The summed E-state index contributed by atoms with van der Waals surface area (Å²) in [7, 11) is 1.92. The van der Waals surface area contributed by atoms with E-state index in [4.69, 9.17) is 0 Å². The van der Waals surface area contributed by atoms with Crippen LogP contribution in [0.15, 0.2) is 28.7 Å². The van der Waals surface area contributed by atoms with Crippen LogP contribution in [0.25, 0.3) is 0 Å². The highest BCUT2D eigenvalue weighted by molar-refractivity contribution is 9.10. The number of carbonyl (C=O) groups is 1. The van der Waals surface area contributed by atoms with Crippen LogP contribution in [0.1, 0.15) is 31.2 Å². The van der Waals surface area contributed by atoms with Crippen LogP contribution in [0.2, 0.25) is 0 Å². The fourth-order valence-electron chi connectivity index (χ4n) is 2.81. The van der Waals surface area contributed by atoms with E-state index in [0.717, 1.165) is 49.9 Å². The third kappa shape index (κ3) is 6.07. The van der Waals surface area contributed by atoms with Gasteiger partial charge in [-0.3, -0.25) is 9.69 Å². The lowest BCUT2D eigenvalue weighted by atomic mass is 10.0. The lowest BCUT2D eigenvalue weighted by molar-refractivity contribution is -0.122. The Morgan fingerprint density at radius 2 is 1.95 bits per heavy atom. The van der Waals surface area contributed by atoms with Crippen molar-refractivity contribution < 1.29 is 4.79 Å². The maximum atomic E-state index is 11.8. The van der Waals surface area contributed by atoms with Crippen molar-refractivity contribution >= 4 is 21.8 Å². The second-order valence-electron chi connectivity index (χ2n) is 5.95. The van der Waals surface area contributed by atoms with Gasteiger partial charge in [0.25, 0.3) is 0 Å². The summed E-state index contributed by atoms with van der Waals surface area (Å²) < 4.78 is 1.12. The molecule has 1 aromatic carbocycles. The normalized spacial score (nSPS) is 16.6. The van der Waals surface area contributed by atoms with Crippen LogP contribution >= 0.6 is 15.9 Å². The number of halogens is 1. The molecule has 1 aliphatic heterocycles. The van der Waals surface area contributed by atoms with Gasteiger partial charge < -0.3 is 10.6 Å². The molecule has 1 amide bonds. The van der Waals surface area contributed by atoms with Gasteiger partial charge in [-0.2, -0.15) is 0 Å². The van der Waals surface area contributed by atoms with Gasteiger partial charge in [-0.05, 0) is 50.6 Å². The van der Waals surface area contributed by atoms with Crippen molar-refractivity contribution in [2.45, 2.75) is 38.3 Å². The Morgan fingerprint density at radius 3 is 2.59 bits per heavy atom. The highest BCUT2D eigenvalue weighted by Gasteiger charge is 2.20. The van der Waals surface area contributed by atoms with Crippen molar-refractivity contribution in [2.24, 2.45) is 0 Å². The van der Waals surface area contributed by atoms with E-state index in [2.05, 4.69) is 55.7 Å². The number of nitrogens with one attached hydrogen (secondary N) is 2. The van der Waals surface area contributed by atoms with Crippen LogP contribution in [0.4, 0.5) is 0 Å². The number of piperidine rings is 1. The number of hydrogen-bond acceptors (Lipinski definition) is 3. The molecule has 2 N–H and O–H groups in total. The zero-order valence-corrected chi connectivity index (χ0v) is 14.9. The van der Waals surface area contributed by atoms with E-state index < -0.39 is 0 Å². The Hall–Kier alpha value is -0.910. The summed E-state index contributed by atoms with van der Waals surface area (Å²) in [5.41, 5.74) is 1.35. The minimum absolute atomic E-state index is 0.196. The minimum atomic E-state index is 0.196. The molecule has 4 nitrogen and oxygen atoms in total. The monoisotopic (exact) mass is 367 g/mol. The van der Waals surface area contributed by atoms with Gasteiger partial charge in [-0.15, -0.1) is 0 Å². The predicted octanol–water partition coefficient (Wildman–Crippen LogP) is 2.53. The molecule has 1 aromatic rings. The van der Waals surface area contributed by atoms with Crippen LogP contribution in [-0.2, 0) is 11.3 Å². The first kappa shape index (κ1) is 17.4. The maximum Gasteiger partial charge on any atom is 0.220 e. The molecule has 0 atom stereocenters. The van der Waals surface area contributed by atoms with E-state index in [-0.39, 0.29) is 5.91 Å². The molecule has 0 spiro atoms. The molecule has 1 heterocycles. The fraction of sp³-hybridized carbons (Fsp3) is 0.588. The Balaban J connectivity index is 1.67. The molecule has 1 saturated heterocycles. The zero-order valence-electron chi connectivity index (χ0n) is 13.3. The number of rotatable bonds is 7. The van der Waals surface area contributed by atoms with Crippen molar-refractivity contribution in [1.82, 2.24) is 15.5 Å². The Bertz CT molecular complexity index is 455. The number of likely N-dealkylation sites (tertiary alicyclic amines) is 1. The van der Waals surface area contributed by atoms with E-state index in [1.165, 1.54) is 5.56 Å². The van der Waals surface area contributed by atoms with Gasteiger partial charge in [0.1, 0.15) is 0 Å². The SMILES string of the molecule is CNCCCC(=O)NC1CCN(Cc2ccc(Br)cc2)CC1. The molecule has 0 unspecified atom stereocenters. The van der Waals surface area contributed by atoms with Gasteiger partial charge >= 0.3 is 0 Å². The lowest BCUT2D eigenvalue weighted by Crippen LogP contribution is -2.44. The van der Waals surface area contributed by atoms with Gasteiger partial charge in [0.05, 0.1) is 0 Å². The number of nitrogens with zero attached hydrogens (tertiary/aromatic N) is 1. The van der Waals surface area contributed by atoms with Gasteiger partial charge in [0.15, 0.2) is 0 Å². The molecule has 2 rings (SSSR count). The smallest absolute Gasteiger partial charge is 0.220 e. The third-order valence-corrected chi connectivity index (χ3v) is 4.63. The van der Waals surface area contributed by atoms with E-state index >= 15 is 0 Å². The Kier molecular flexibility index (Phi) is 7.36. The molecule has 122 valence electrons. The Morgan fingerprint density at radius 1 is 1.27 bits per heavy atom. The molecule has 5 heteroatoms. The van der Waals surface area contributed by atoms with Gasteiger partial charge in [0.2, 0.25) is 5.91 Å². The van der Waals surface area contributed by atoms with E-state index in [1.54, 1.807) is 0 Å². The van der Waals surface area contributed by atoms with E-state index in [0.29, 0.717) is 12.5 Å². The highest BCUT2D eigenvalue weighted by Crippen LogP contribution is 2.16. The van der Waals surface area contributed by atoms with Crippen molar-refractivity contribution in [2.75, 3.05) is 26.7 Å². The number of hydrogen-bond donors (Lipinski definition) is 2. The molecule has 0 aromatic heterocycles. The number of benzene rings is 1. The van der Waals surface area contributed by atoms with Crippen molar-refractivity contribution in [3.8, 4) is 0 Å². The third-order valence-electron chi connectivity index (χ3n) is 4.10. The summed E-state index contributed by atoms with van der Waals surface area (Å²) in [6.45, 7) is 4.00. The van der Waals surface area contributed by atoms with Crippen molar-refractivity contribution in [1.29, 1.82) is 0 Å². The van der Waals surface area contributed by atoms with E-state index in [1.807, 2.05) is 7.05 Å². The largest absolute Gasteiger partial charge is 0.353 e. The van der Waals surface area contributed by atoms with Crippen LogP contribution < -0.4 is 10.6 Å². The molecule has 1 fully saturated rings. The maximum absolute atomic E-state index is 11.8. The first-order valence-corrected chi connectivity index (χ1v) is 8.87. The number of amides is 1. The van der Waals surface area contributed by atoms with Crippen LogP contribution in [0, 0.1) is 0 Å². The summed E-state index contributed by atoms with van der Waals surface area (Å²) in [6.07, 6.45) is 3.63. The van der Waals surface area contributed by atoms with Crippen LogP contribution in [0.5, 0.6) is 0 Å². The second-order valence-corrected chi connectivity index (χ2v) is 6.87. The standard InChI is InChI=1S/C17H26BrN3O/c1-19-10-2-3-17(22)20-16-8-11-21(12-9-16)13-14-4-6-15(18)7-5-14/h4-7,16,19H,2-3,8-13H2,1H3,(H,20,22). The highest BCUT2D eigenvalue weighted by atomic mass is 79.9. The Labute approximate surface area is 141 Å². The molecule has 0 saturated carbocycles. The number of carbonyl (C=O) groups excluding carboxylic acids is 1. The zero-order chi connectivity index (χ0) is 15.8. The van der Waals surface area contributed by atoms with Gasteiger partial charge in [-0.25, -0.2) is 0 Å². The summed E-state index contributed by atoms with van der Waals surface area (Å²) in [4.78, 5) is 14.3. The predicted molar refractivity (Wildman–Crippen MR) is 93.7 cm³/mol. The van der Waals surface area contributed by atoms with Gasteiger partial charge in [-0.1, -0.05) is 28.1 Å². The lowest BCUT2D eigenvalue weighted by Gasteiger charge is -2.32. The molecule has 0 radical (unpaired) electrons. The molecule has 1 aliphatic rings. The summed E-state index contributed by atoms with van der Waals surface area (Å²) in [5.74, 6) is 0.196. The van der Waals surface area contributed by atoms with Crippen molar-refractivity contribution in [3.05, 3.63) is 34.3 Å². The minimum Gasteiger partial charge on any atom is -0.353 e. The second kappa shape index (κ2) is 9.28. The average Bonchev–Trinajstić information content (AvgIpc) is 2.52. The summed E-state index contributed by atoms with van der Waals surface area (Å²) in [5, 5.41) is 6.24. The van der Waals surface area contributed by atoms with Gasteiger partial charge in [0, 0.05) is 36.6 Å². The summed E-state index contributed by atoms with van der Waals surface area (Å²) >= 11 is 3.47. The topological polar surface area (TPSA) is 44.4 Å². The van der Waals surface area contributed by atoms with E-state index in [9.17, 15) is 4.79 Å². The molecular weight excluding hydrogens is 342 g/mol. The quantitative estimate of drug-likeness (QED) is 0.727.